The van der Waals surface area contributed by atoms with E-state index in [1.54, 1.807) is 0 Å². The topological polar surface area (TPSA) is 23.6 Å². The van der Waals surface area contributed by atoms with Crippen molar-refractivity contribution >= 4 is 21.5 Å². The lowest BCUT2D eigenvalue weighted by atomic mass is 9.94. The van der Waals surface area contributed by atoms with E-state index in [0.29, 0.717) is 0 Å². The summed E-state index contributed by atoms with van der Waals surface area (Å²) >= 11 is -0.924. The van der Waals surface area contributed by atoms with Crippen LogP contribution in [0.1, 0.15) is 26.2 Å². The van der Waals surface area contributed by atoms with E-state index in [1.165, 1.54) is 38.9 Å². The van der Waals surface area contributed by atoms with Gasteiger partial charge in [0, 0.05) is 6.54 Å². The number of hydrogen-bond donors (Lipinski definition) is 0. The second kappa shape index (κ2) is 6.85. The molecule has 1 rings (SSSR count). The van der Waals surface area contributed by atoms with Crippen molar-refractivity contribution in [3.63, 3.8) is 0 Å². The van der Waals surface area contributed by atoms with Crippen LogP contribution in [-0.2, 0) is 3.07 Å². The Hall–Kier alpha value is 0.450. The van der Waals surface area contributed by atoms with Crippen molar-refractivity contribution in [2.24, 2.45) is 5.92 Å². The van der Waals surface area contributed by atoms with Gasteiger partial charge in [-0.25, -0.2) is 3.11 Å². The summed E-state index contributed by atoms with van der Waals surface area (Å²) < 4.78 is 12.6. The van der Waals surface area contributed by atoms with Gasteiger partial charge in [-0.1, -0.05) is 6.92 Å². The molecule has 1 aliphatic heterocycles. The molecule has 0 aromatic heterocycles. The number of hydrogen-bond acceptors (Lipinski definition) is 2. The first-order valence-electron chi connectivity index (χ1n) is 5.47. The van der Waals surface area contributed by atoms with Gasteiger partial charge in [0.05, 0.1) is 0 Å². The summed E-state index contributed by atoms with van der Waals surface area (Å²) in [6, 6.07) is 0. The highest BCUT2D eigenvalue weighted by molar-refractivity contribution is 14.1. The van der Waals surface area contributed by atoms with Crippen LogP contribution in [0.3, 0.4) is 0 Å². The summed E-state index contributed by atoms with van der Waals surface area (Å²) in [6.45, 7) is 6.97. The molecule has 0 spiro atoms. The minimum absolute atomic E-state index is 0.871. The average Bonchev–Trinajstić information content (AvgIpc) is 2.26. The van der Waals surface area contributed by atoms with Crippen molar-refractivity contribution in [1.82, 2.24) is 8.01 Å². The normalized spacial score (nSPS) is 20.5. The van der Waals surface area contributed by atoms with E-state index in [-0.39, 0.29) is 0 Å². The molecule has 0 N–H and O–H groups in total. The van der Waals surface area contributed by atoms with Crippen LogP contribution in [0.15, 0.2) is 0 Å². The second-order valence-corrected chi connectivity index (χ2v) is 6.10. The van der Waals surface area contributed by atoms with E-state index in [9.17, 15) is 3.07 Å². The molecule has 1 aliphatic rings. The van der Waals surface area contributed by atoms with Gasteiger partial charge in [0.15, 0.2) is 0 Å². The minimum atomic E-state index is -0.924. The number of likely N-dealkylation sites (tertiary alicyclic amines) is 1. The molecule has 84 valence electrons. The monoisotopic (exact) mass is 312 g/mol. The van der Waals surface area contributed by atoms with Gasteiger partial charge in [0.2, 0.25) is 21.5 Å². The van der Waals surface area contributed by atoms with Crippen molar-refractivity contribution < 1.29 is 3.07 Å². The molecule has 4 heteroatoms. The fourth-order valence-corrected chi connectivity index (χ4v) is 2.46. The average molecular weight is 312 g/mol. The first kappa shape index (κ1) is 12.5. The van der Waals surface area contributed by atoms with Gasteiger partial charge in [-0.15, -0.1) is 0 Å². The summed E-state index contributed by atoms with van der Waals surface area (Å²) in [5.41, 5.74) is 0. The molecule has 0 amide bonds. The summed E-state index contributed by atoms with van der Waals surface area (Å²) in [5.74, 6) is 0.871. The van der Waals surface area contributed by atoms with Crippen molar-refractivity contribution in [2.75, 3.05) is 33.2 Å². The van der Waals surface area contributed by atoms with Crippen molar-refractivity contribution in [3.05, 3.63) is 0 Å². The third-order valence-corrected chi connectivity index (χ3v) is 4.27. The fourth-order valence-electron chi connectivity index (χ4n) is 1.99. The summed E-state index contributed by atoms with van der Waals surface area (Å²) in [7, 11) is 1.96. The molecule has 1 fully saturated rings. The van der Waals surface area contributed by atoms with Crippen LogP contribution in [0.25, 0.3) is 0 Å². The summed E-state index contributed by atoms with van der Waals surface area (Å²) in [4.78, 5) is 2.51. The molecule has 0 aromatic rings. The van der Waals surface area contributed by atoms with E-state index >= 15 is 0 Å². The summed E-state index contributed by atoms with van der Waals surface area (Å²) in [5, 5.41) is 0. The highest BCUT2D eigenvalue weighted by atomic mass is 127. The van der Waals surface area contributed by atoms with E-state index in [4.69, 9.17) is 0 Å². The van der Waals surface area contributed by atoms with Crippen molar-refractivity contribution in [2.45, 2.75) is 26.2 Å². The molecule has 0 bridgehead atoms. The molecule has 14 heavy (non-hydrogen) atoms. The van der Waals surface area contributed by atoms with Crippen LogP contribution in [0.2, 0.25) is 0 Å². The Morgan fingerprint density at radius 1 is 1.43 bits per heavy atom. The molecule has 3 nitrogen and oxygen atoms in total. The number of rotatable bonds is 5. The van der Waals surface area contributed by atoms with Gasteiger partial charge in [-0.3, -0.25) is 3.07 Å². The molecule has 0 radical (unpaired) electrons. The lowest BCUT2D eigenvalue weighted by Crippen LogP contribution is -2.34. The Morgan fingerprint density at radius 3 is 2.57 bits per heavy atom. The zero-order chi connectivity index (χ0) is 10.4. The molecular weight excluding hydrogens is 291 g/mol. The summed E-state index contributed by atoms with van der Waals surface area (Å²) in [6.07, 6.45) is 3.90. The van der Waals surface area contributed by atoms with Crippen LogP contribution in [0, 0.1) is 5.92 Å². The Labute approximate surface area is 97.8 Å². The lowest BCUT2D eigenvalue weighted by Gasteiger charge is -2.31. The Morgan fingerprint density at radius 2 is 2.07 bits per heavy atom. The van der Waals surface area contributed by atoms with Crippen LogP contribution >= 0.6 is 21.5 Å². The van der Waals surface area contributed by atoms with Gasteiger partial charge < -0.3 is 4.90 Å². The van der Waals surface area contributed by atoms with Crippen molar-refractivity contribution in [1.29, 1.82) is 0 Å². The second-order valence-electron chi connectivity index (χ2n) is 4.06. The molecular formula is C10H21IN2O. The largest absolute Gasteiger partial charge is 0.304 e. The van der Waals surface area contributed by atoms with E-state index in [0.717, 1.165) is 12.5 Å². The van der Waals surface area contributed by atoms with Gasteiger partial charge in [0.25, 0.3) is 0 Å². The lowest BCUT2D eigenvalue weighted by molar-refractivity contribution is 0.184. The maximum absolute atomic E-state index is 10.6. The zero-order valence-corrected chi connectivity index (χ0v) is 11.4. The number of piperidine rings is 1. The maximum atomic E-state index is 10.6. The Bertz CT molecular complexity index is 170. The molecule has 0 aromatic carbocycles. The van der Waals surface area contributed by atoms with Gasteiger partial charge >= 0.3 is 0 Å². The van der Waals surface area contributed by atoms with Crippen molar-refractivity contribution in [3.8, 4) is 0 Å². The van der Waals surface area contributed by atoms with Gasteiger partial charge in [0.1, 0.15) is 0 Å². The van der Waals surface area contributed by atoms with Crippen LogP contribution in [0.5, 0.6) is 0 Å². The standard InChI is InChI=1S/C10H21IN2O/c1-3-13-8-5-10(6-9-13)4-7-12(2)11-14/h10H,3-9H2,1-2H3. The maximum Gasteiger partial charge on any atom is 0.239 e. The first-order chi connectivity index (χ1) is 6.76. The predicted molar refractivity (Wildman–Crippen MR) is 66.8 cm³/mol. The fraction of sp³-hybridized carbons (Fsp3) is 1.00. The van der Waals surface area contributed by atoms with E-state index in [1.807, 2.05) is 10.2 Å². The molecule has 1 heterocycles. The molecule has 0 atom stereocenters. The van der Waals surface area contributed by atoms with E-state index in [2.05, 4.69) is 11.8 Å². The van der Waals surface area contributed by atoms with Crippen LogP contribution in [-0.4, -0.2) is 41.2 Å². The van der Waals surface area contributed by atoms with Gasteiger partial charge in [-0.2, -0.15) is 0 Å². The SMILES string of the molecule is CCN1CCC(CCN(C)I=O)CC1. The molecule has 1 saturated heterocycles. The van der Waals surface area contributed by atoms with Crippen LogP contribution < -0.4 is 0 Å². The first-order valence-corrected chi connectivity index (χ1v) is 7.31. The highest BCUT2D eigenvalue weighted by Crippen LogP contribution is 2.21. The smallest absolute Gasteiger partial charge is 0.239 e. The third-order valence-electron chi connectivity index (χ3n) is 3.12. The Kier molecular flexibility index (Phi) is 6.12. The third kappa shape index (κ3) is 4.31. The Balaban J connectivity index is 2.12. The predicted octanol–water partition coefficient (Wildman–Crippen LogP) is 2.27. The molecule has 0 saturated carbocycles. The molecule has 0 aliphatic carbocycles. The zero-order valence-electron chi connectivity index (χ0n) is 9.21. The minimum Gasteiger partial charge on any atom is -0.304 e. The van der Waals surface area contributed by atoms with Gasteiger partial charge in [-0.05, 0) is 51.9 Å². The van der Waals surface area contributed by atoms with Crippen LogP contribution in [0.4, 0.5) is 0 Å². The highest BCUT2D eigenvalue weighted by Gasteiger charge is 2.17. The number of halogens is 1. The molecule has 0 unspecified atom stereocenters. The van der Waals surface area contributed by atoms with E-state index < -0.39 is 21.5 Å². The quantitative estimate of drug-likeness (QED) is 0.575. The number of nitrogens with zero attached hydrogens (tertiary/aromatic N) is 2.